The number of anilines is 1. The van der Waals surface area contributed by atoms with E-state index in [4.69, 9.17) is 5.73 Å². The van der Waals surface area contributed by atoms with E-state index < -0.39 is 5.41 Å². The van der Waals surface area contributed by atoms with Gasteiger partial charge in [0, 0.05) is 12.5 Å². The van der Waals surface area contributed by atoms with Crippen molar-refractivity contribution in [2.24, 2.45) is 17.1 Å². The van der Waals surface area contributed by atoms with Crippen molar-refractivity contribution in [3.05, 3.63) is 29.8 Å². The van der Waals surface area contributed by atoms with E-state index >= 15 is 0 Å². The Morgan fingerprint density at radius 1 is 1.20 bits per heavy atom. The molecule has 0 bridgehead atoms. The summed E-state index contributed by atoms with van der Waals surface area (Å²) in [4.78, 5) is 26.4. The summed E-state index contributed by atoms with van der Waals surface area (Å²) < 4.78 is 0. The van der Waals surface area contributed by atoms with Gasteiger partial charge in [-0.1, -0.05) is 32.0 Å². The van der Waals surface area contributed by atoms with Gasteiger partial charge in [-0.25, -0.2) is 4.90 Å². The van der Waals surface area contributed by atoms with Crippen LogP contribution in [-0.4, -0.2) is 11.8 Å². The quantitative estimate of drug-likeness (QED) is 0.862. The molecule has 1 fully saturated rings. The number of para-hydroxylation sites is 1. The van der Waals surface area contributed by atoms with Gasteiger partial charge in [0.15, 0.2) is 0 Å². The molecular formula is C16H22N2O2. The first-order valence-corrected chi connectivity index (χ1v) is 7.01. The number of amides is 2. The Kier molecular flexibility index (Phi) is 3.69. The minimum absolute atomic E-state index is 0.117. The average Bonchev–Trinajstić information content (AvgIpc) is 2.61. The Bertz CT molecular complexity index is 551. The van der Waals surface area contributed by atoms with Crippen LogP contribution in [0.2, 0.25) is 0 Å². The molecule has 4 heteroatoms. The van der Waals surface area contributed by atoms with Gasteiger partial charge in [0.1, 0.15) is 0 Å². The molecule has 1 heterocycles. The van der Waals surface area contributed by atoms with Gasteiger partial charge in [0.25, 0.3) is 0 Å². The summed E-state index contributed by atoms with van der Waals surface area (Å²) in [5.74, 6) is -0.142. The second-order valence-electron chi connectivity index (χ2n) is 6.13. The van der Waals surface area contributed by atoms with Crippen LogP contribution < -0.4 is 10.6 Å². The van der Waals surface area contributed by atoms with E-state index in [9.17, 15) is 9.59 Å². The number of hydrogen-bond acceptors (Lipinski definition) is 3. The molecule has 1 saturated heterocycles. The lowest BCUT2D eigenvalue weighted by Gasteiger charge is -2.27. The van der Waals surface area contributed by atoms with E-state index in [1.165, 1.54) is 4.90 Å². The Morgan fingerprint density at radius 3 is 2.30 bits per heavy atom. The van der Waals surface area contributed by atoms with Crippen LogP contribution in [0.25, 0.3) is 0 Å². The zero-order valence-corrected chi connectivity index (χ0v) is 12.5. The molecule has 2 unspecified atom stereocenters. The molecule has 108 valence electrons. The molecule has 0 aromatic heterocycles. The minimum Gasteiger partial charge on any atom is -0.324 e. The van der Waals surface area contributed by atoms with Crippen LogP contribution in [0.3, 0.4) is 0 Å². The van der Waals surface area contributed by atoms with Crippen LogP contribution in [0.5, 0.6) is 0 Å². The van der Waals surface area contributed by atoms with Gasteiger partial charge >= 0.3 is 0 Å². The maximum Gasteiger partial charge on any atom is 0.240 e. The van der Waals surface area contributed by atoms with Crippen LogP contribution in [0.15, 0.2) is 24.3 Å². The fourth-order valence-electron chi connectivity index (χ4n) is 2.61. The minimum atomic E-state index is -0.623. The summed E-state index contributed by atoms with van der Waals surface area (Å²) >= 11 is 0. The summed E-state index contributed by atoms with van der Waals surface area (Å²) in [6.07, 6.45) is 0.261. The Balaban J connectivity index is 2.50. The Hall–Kier alpha value is -1.68. The lowest BCUT2D eigenvalue weighted by molar-refractivity contribution is -0.126. The van der Waals surface area contributed by atoms with E-state index in [0.717, 1.165) is 5.56 Å². The number of rotatable bonds is 3. The summed E-state index contributed by atoms with van der Waals surface area (Å²) in [5, 5.41) is 0. The zero-order chi connectivity index (χ0) is 15.1. The third-order valence-electron chi connectivity index (χ3n) is 4.40. The van der Waals surface area contributed by atoms with Gasteiger partial charge in [0.2, 0.25) is 11.8 Å². The number of nitrogens with zero attached hydrogens (tertiary/aromatic N) is 1. The molecule has 0 radical (unpaired) electrons. The highest BCUT2D eigenvalue weighted by Crippen LogP contribution is 2.42. The number of carbonyl (C=O) groups excluding carboxylic acids is 2. The van der Waals surface area contributed by atoms with Crippen molar-refractivity contribution in [2.45, 2.75) is 40.2 Å². The summed E-state index contributed by atoms with van der Waals surface area (Å²) in [5.41, 5.74) is 6.78. The van der Waals surface area contributed by atoms with Gasteiger partial charge in [-0.15, -0.1) is 0 Å². The smallest absolute Gasteiger partial charge is 0.240 e. The van der Waals surface area contributed by atoms with Gasteiger partial charge in [0.05, 0.1) is 11.1 Å². The molecule has 20 heavy (non-hydrogen) atoms. The molecule has 2 atom stereocenters. The number of nitrogens with two attached hydrogens (primary N) is 1. The van der Waals surface area contributed by atoms with E-state index in [-0.39, 0.29) is 30.2 Å². The molecule has 0 saturated carbocycles. The van der Waals surface area contributed by atoms with Crippen molar-refractivity contribution >= 4 is 17.5 Å². The fourth-order valence-corrected chi connectivity index (χ4v) is 2.61. The van der Waals surface area contributed by atoms with Crippen molar-refractivity contribution in [1.82, 2.24) is 0 Å². The SMILES string of the molecule is CC(N)c1ccccc1N1C(=O)CC(C)(C(C)C)C1=O. The monoisotopic (exact) mass is 274 g/mol. The second-order valence-corrected chi connectivity index (χ2v) is 6.13. The summed E-state index contributed by atoms with van der Waals surface area (Å²) in [6, 6.07) is 7.13. The highest BCUT2D eigenvalue weighted by Gasteiger charge is 2.50. The lowest BCUT2D eigenvalue weighted by atomic mass is 9.78. The molecule has 0 spiro atoms. The molecule has 1 aromatic carbocycles. The molecular weight excluding hydrogens is 252 g/mol. The normalized spacial score (nSPS) is 24.6. The second kappa shape index (κ2) is 5.02. The van der Waals surface area contributed by atoms with Crippen LogP contribution in [0.4, 0.5) is 5.69 Å². The van der Waals surface area contributed by atoms with Crippen LogP contribution in [-0.2, 0) is 9.59 Å². The van der Waals surface area contributed by atoms with Crippen LogP contribution in [0.1, 0.15) is 45.7 Å². The van der Waals surface area contributed by atoms with Crippen molar-refractivity contribution in [1.29, 1.82) is 0 Å². The van der Waals surface area contributed by atoms with Crippen molar-refractivity contribution in [3.63, 3.8) is 0 Å². The fraction of sp³-hybridized carbons (Fsp3) is 0.500. The summed E-state index contributed by atoms with van der Waals surface area (Å²) in [6.45, 7) is 7.68. The first kappa shape index (κ1) is 14.7. The first-order valence-electron chi connectivity index (χ1n) is 7.01. The van der Waals surface area contributed by atoms with E-state index in [1.54, 1.807) is 6.07 Å². The maximum absolute atomic E-state index is 12.7. The number of imide groups is 1. The third kappa shape index (κ3) is 2.14. The number of carbonyl (C=O) groups is 2. The van der Waals surface area contributed by atoms with Crippen LogP contribution >= 0.6 is 0 Å². The zero-order valence-electron chi connectivity index (χ0n) is 12.5. The van der Waals surface area contributed by atoms with Gasteiger partial charge in [-0.3, -0.25) is 9.59 Å². The molecule has 1 aromatic rings. The molecule has 1 aliphatic rings. The summed E-state index contributed by atoms with van der Waals surface area (Å²) in [7, 11) is 0. The molecule has 0 aliphatic carbocycles. The molecule has 4 nitrogen and oxygen atoms in total. The van der Waals surface area contributed by atoms with Gasteiger partial charge < -0.3 is 5.73 Å². The largest absolute Gasteiger partial charge is 0.324 e. The molecule has 1 aliphatic heterocycles. The Morgan fingerprint density at radius 2 is 1.80 bits per heavy atom. The maximum atomic E-state index is 12.7. The highest BCUT2D eigenvalue weighted by molar-refractivity contribution is 6.22. The molecule has 2 N–H and O–H groups in total. The standard InChI is InChI=1S/C16H22N2O2/c1-10(2)16(4)9-14(19)18(15(16)20)13-8-6-5-7-12(13)11(3)17/h5-8,10-11H,9,17H2,1-4H3. The third-order valence-corrected chi connectivity index (χ3v) is 4.40. The predicted molar refractivity (Wildman–Crippen MR) is 79.1 cm³/mol. The van der Waals surface area contributed by atoms with Gasteiger partial charge in [-0.2, -0.15) is 0 Å². The average molecular weight is 274 g/mol. The van der Waals surface area contributed by atoms with Crippen molar-refractivity contribution < 1.29 is 9.59 Å². The van der Waals surface area contributed by atoms with E-state index in [1.807, 2.05) is 45.9 Å². The molecule has 2 amide bonds. The highest BCUT2D eigenvalue weighted by atomic mass is 16.2. The molecule has 2 rings (SSSR count). The number of hydrogen-bond donors (Lipinski definition) is 1. The van der Waals surface area contributed by atoms with Crippen molar-refractivity contribution in [3.8, 4) is 0 Å². The van der Waals surface area contributed by atoms with E-state index in [2.05, 4.69) is 0 Å². The lowest BCUT2D eigenvalue weighted by Crippen LogP contribution is -2.37. The van der Waals surface area contributed by atoms with Gasteiger partial charge in [-0.05, 0) is 31.4 Å². The topological polar surface area (TPSA) is 63.4 Å². The van der Waals surface area contributed by atoms with Crippen LogP contribution in [0, 0.1) is 11.3 Å². The number of benzene rings is 1. The van der Waals surface area contributed by atoms with E-state index in [0.29, 0.717) is 5.69 Å². The Labute approximate surface area is 119 Å². The first-order chi connectivity index (χ1) is 9.29. The van der Waals surface area contributed by atoms with Crippen molar-refractivity contribution in [2.75, 3.05) is 4.90 Å². The predicted octanol–water partition coefficient (Wildman–Crippen LogP) is 2.63.